The van der Waals surface area contributed by atoms with Crippen molar-refractivity contribution in [2.24, 2.45) is 11.8 Å². The van der Waals surface area contributed by atoms with E-state index in [2.05, 4.69) is 19.9 Å². The highest BCUT2D eigenvalue weighted by Gasteiger charge is 2.43. The molecule has 4 heterocycles. The molecule has 2 aromatic heterocycles. The number of amides is 1. The number of fused-ring (bicyclic) bond motifs is 1. The SMILES string of the molecule is O=C(O)C(F)(F)F.O=C1C2CN(c3cnccn3)CC2CCN1Cc1ccncc1. The average molecular weight is 423 g/mol. The average Bonchev–Trinajstić information content (AvgIpc) is 3.17. The second-order valence-corrected chi connectivity index (χ2v) is 7.04. The van der Waals surface area contributed by atoms with Crippen molar-refractivity contribution in [1.29, 1.82) is 0 Å². The molecule has 11 heteroatoms. The zero-order valence-electron chi connectivity index (χ0n) is 15.9. The van der Waals surface area contributed by atoms with Gasteiger partial charge in [0, 0.05) is 51.0 Å². The Hall–Kier alpha value is -3.24. The van der Waals surface area contributed by atoms with Crippen molar-refractivity contribution in [3.63, 3.8) is 0 Å². The molecule has 2 unspecified atom stereocenters. The monoisotopic (exact) mass is 423 g/mol. The molecule has 2 aromatic rings. The van der Waals surface area contributed by atoms with Crippen LogP contribution < -0.4 is 4.90 Å². The topological polar surface area (TPSA) is 99.5 Å². The number of hydrogen-bond donors (Lipinski definition) is 1. The quantitative estimate of drug-likeness (QED) is 0.806. The third-order valence-corrected chi connectivity index (χ3v) is 5.08. The van der Waals surface area contributed by atoms with Gasteiger partial charge in [-0.15, -0.1) is 0 Å². The predicted molar refractivity (Wildman–Crippen MR) is 99.2 cm³/mol. The molecular formula is C19H20F3N5O3. The first-order valence-corrected chi connectivity index (χ1v) is 9.24. The first-order chi connectivity index (χ1) is 14.3. The van der Waals surface area contributed by atoms with Crippen molar-refractivity contribution in [2.75, 3.05) is 24.5 Å². The number of pyridine rings is 1. The smallest absolute Gasteiger partial charge is 0.475 e. The van der Waals surface area contributed by atoms with Gasteiger partial charge in [0.25, 0.3) is 0 Å². The molecule has 0 aromatic carbocycles. The van der Waals surface area contributed by atoms with Gasteiger partial charge in [-0.1, -0.05) is 0 Å². The molecule has 1 N–H and O–H groups in total. The molecule has 0 aliphatic carbocycles. The van der Waals surface area contributed by atoms with Gasteiger partial charge in [0.2, 0.25) is 5.91 Å². The van der Waals surface area contributed by atoms with Gasteiger partial charge in [-0.05, 0) is 30.0 Å². The molecule has 4 rings (SSSR count). The number of carboxylic acids is 1. The summed E-state index contributed by atoms with van der Waals surface area (Å²) >= 11 is 0. The molecule has 160 valence electrons. The van der Waals surface area contributed by atoms with Gasteiger partial charge in [0.1, 0.15) is 5.82 Å². The number of carbonyl (C=O) groups excluding carboxylic acids is 1. The lowest BCUT2D eigenvalue weighted by Gasteiger charge is -2.33. The highest BCUT2D eigenvalue weighted by atomic mass is 19.4. The van der Waals surface area contributed by atoms with E-state index in [1.807, 2.05) is 17.0 Å². The second-order valence-electron chi connectivity index (χ2n) is 7.04. The molecule has 8 nitrogen and oxygen atoms in total. The molecule has 2 atom stereocenters. The van der Waals surface area contributed by atoms with E-state index in [0.717, 1.165) is 37.4 Å². The van der Waals surface area contributed by atoms with Gasteiger partial charge in [0.05, 0.1) is 12.1 Å². The third kappa shape index (κ3) is 5.22. The van der Waals surface area contributed by atoms with E-state index in [-0.39, 0.29) is 11.8 Å². The number of piperidine rings is 1. The molecule has 1 amide bonds. The predicted octanol–water partition coefficient (Wildman–Crippen LogP) is 1.99. The van der Waals surface area contributed by atoms with Crippen molar-refractivity contribution < 1.29 is 27.9 Å². The number of nitrogens with zero attached hydrogens (tertiary/aromatic N) is 5. The molecule has 2 fully saturated rings. The van der Waals surface area contributed by atoms with Gasteiger partial charge in [-0.25, -0.2) is 9.78 Å². The van der Waals surface area contributed by atoms with Crippen molar-refractivity contribution in [3.05, 3.63) is 48.7 Å². The van der Waals surface area contributed by atoms with Gasteiger partial charge < -0.3 is 14.9 Å². The van der Waals surface area contributed by atoms with E-state index in [4.69, 9.17) is 9.90 Å². The molecule has 2 saturated heterocycles. The number of carbonyl (C=O) groups is 2. The summed E-state index contributed by atoms with van der Waals surface area (Å²) in [6.45, 7) is 3.15. The zero-order chi connectivity index (χ0) is 21.7. The minimum Gasteiger partial charge on any atom is -0.475 e. The minimum atomic E-state index is -5.08. The molecule has 2 aliphatic rings. The summed E-state index contributed by atoms with van der Waals surface area (Å²) in [6.07, 6.45) is 4.67. The summed E-state index contributed by atoms with van der Waals surface area (Å²) in [4.78, 5) is 38.4. The maximum absolute atomic E-state index is 12.8. The fourth-order valence-electron chi connectivity index (χ4n) is 3.62. The summed E-state index contributed by atoms with van der Waals surface area (Å²) < 4.78 is 31.7. The molecule has 0 bridgehead atoms. The lowest BCUT2D eigenvalue weighted by molar-refractivity contribution is -0.192. The Labute approximate surface area is 170 Å². The molecule has 2 aliphatic heterocycles. The third-order valence-electron chi connectivity index (χ3n) is 5.08. The fourth-order valence-corrected chi connectivity index (χ4v) is 3.62. The molecule has 0 radical (unpaired) electrons. The van der Waals surface area contributed by atoms with Crippen LogP contribution in [-0.4, -0.2) is 62.6 Å². The summed E-state index contributed by atoms with van der Waals surface area (Å²) in [6, 6.07) is 3.94. The summed E-state index contributed by atoms with van der Waals surface area (Å²) in [7, 11) is 0. The second kappa shape index (κ2) is 9.06. The van der Waals surface area contributed by atoms with Gasteiger partial charge >= 0.3 is 12.1 Å². The first kappa shape index (κ1) is 21.5. The normalized spacial score (nSPS) is 21.0. The van der Waals surface area contributed by atoms with Crippen molar-refractivity contribution in [2.45, 2.75) is 19.1 Å². The number of rotatable bonds is 3. The largest absolute Gasteiger partial charge is 0.490 e. The van der Waals surface area contributed by atoms with Crippen LogP contribution in [0.1, 0.15) is 12.0 Å². The highest BCUT2D eigenvalue weighted by molar-refractivity contribution is 5.81. The Morgan fingerprint density at radius 3 is 2.43 bits per heavy atom. The summed E-state index contributed by atoms with van der Waals surface area (Å²) in [5, 5.41) is 7.12. The van der Waals surface area contributed by atoms with Crippen LogP contribution in [0.4, 0.5) is 19.0 Å². The minimum absolute atomic E-state index is 0.0765. The Morgan fingerprint density at radius 2 is 1.83 bits per heavy atom. The first-order valence-electron chi connectivity index (χ1n) is 9.24. The van der Waals surface area contributed by atoms with E-state index in [1.165, 1.54) is 0 Å². The van der Waals surface area contributed by atoms with Crippen LogP contribution in [0, 0.1) is 11.8 Å². The van der Waals surface area contributed by atoms with Crippen LogP contribution in [0.5, 0.6) is 0 Å². The number of hydrogen-bond acceptors (Lipinski definition) is 6. The van der Waals surface area contributed by atoms with Crippen LogP contribution >= 0.6 is 0 Å². The Balaban J connectivity index is 0.000000318. The van der Waals surface area contributed by atoms with E-state index in [9.17, 15) is 18.0 Å². The summed E-state index contributed by atoms with van der Waals surface area (Å²) in [5.74, 6) is -1.11. The number of aromatic nitrogens is 3. The maximum atomic E-state index is 12.8. The van der Waals surface area contributed by atoms with Crippen molar-refractivity contribution in [1.82, 2.24) is 19.9 Å². The lowest BCUT2D eigenvalue weighted by atomic mass is 9.88. The van der Waals surface area contributed by atoms with Crippen molar-refractivity contribution >= 4 is 17.7 Å². The van der Waals surface area contributed by atoms with Crippen LogP contribution in [0.3, 0.4) is 0 Å². The van der Waals surface area contributed by atoms with Gasteiger partial charge in [-0.2, -0.15) is 13.2 Å². The standard InChI is InChI=1S/C17H19N5O.C2HF3O2/c23-17-15-12-22(16-9-19-6-7-20-16)11-14(15)3-8-21(17)10-13-1-4-18-5-2-13;3-2(4,5)1(6)7/h1-2,4-7,9,14-15H,3,8,10-12H2;(H,6,7). The number of alkyl halides is 3. The van der Waals surface area contributed by atoms with E-state index >= 15 is 0 Å². The van der Waals surface area contributed by atoms with Crippen LogP contribution in [0.15, 0.2) is 43.1 Å². The van der Waals surface area contributed by atoms with E-state index in [1.54, 1.807) is 31.0 Å². The van der Waals surface area contributed by atoms with Gasteiger partial charge in [-0.3, -0.25) is 14.8 Å². The van der Waals surface area contributed by atoms with Gasteiger partial charge in [0.15, 0.2) is 0 Å². The number of halogens is 3. The Morgan fingerprint density at radius 1 is 1.13 bits per heavy atom. The van der Waals surface area contributed by atoms with Crippen LogP contribution in [-0.2, 0) is 16.1 Å². The summed E-state index contributed by atoms with van der Waals surface area (Å²) in [5.41, 5.74) is 1.13. The molecule has 0 spiro atoms. The van der Waals surface area contributed by atoms with E-state index in [0.29, 0.717) is 12.5 Å². The number of anilines is 1. The highest BCUT2D eigenvalue weighted by Crippen LogP contribution is 2.34. The number of carboxylic acid groups (broad SMARTS) is 1. The van der Waals surface area contributed by atoms with E-state index < -0.39 is 12.1 Å². The molecule has 30 heavy (non-hydrogen) atoms. The number of aliphatic carboxylic acids is 1. The van der Waals surface area contributed by atoms with Crippen molar-refractivity contribution in [3.8, 4) is 0 Å². The molecule has 0 saturated carbocycles. The zero-order valence-corrected chi connectivity index (χ0v) is 15.9. The Bertz CT molecular complexity index is 867. The van der Waals surface area contributed by atoms with Crippen LogP contribution in [0.25, 0.3) is 0 Å². The number of likely N-dealkylation sites (tertiary alicyclic amines) is 1. The molecular weight excluding hydrogens is 403 g/mol. The fraction of sp³-hybridized carbons (Fsp3) is 0.421. The lowest BCUT2D eigenvalue weighted by Crippen LogP contribution is -2.44. The maximum Gasteiger partial charge on any atom is 0.490 e. The Kier molecular flexibility index (Phi) is 6.48. The van der Waals surface area contributed by atoms with Crippen LogP contribution in [0.2, 0.25) is 0 Å².